The molecule has 1 saturated heterocycles. The smallest absolute Gasteiger partial charge is 0.417 e. The maximum Gasteiger partial charge on any atom is 0.417 e. The third kappa shape index (κ3) is 3.88. The lowest BCUT2D eigenvalue weighted by atomic mass is 9.91. The van der Waals surface area contributed by atoms with E-state index in [1.165, 1.54) is 6.92 Å². The quantitative estimate of drug-likeness (QED) is 0.578. The van der Waals surface area contributed by atoms with Gasteiger partial charge < -0.3 is 9.26 Å². The van der Waals surface area contributed by atoms with Crippen LogP contribution in [0, 0.1) is 13.8 Å². The Morgan fingerprint density at radius 2 is 2.07 bits per heavy atom. The van der Waals surface area contributed by atoms with E-state index in [1.807, 2.05) is 25.1 Å². The van der Waals surface area contributed by atoms with Crippen molar-refractivity contribution in [1.29, 1.82) is 0 Å². The fraction of sp³-hybridized carbons (Fsp3) is 0.455. The predicted octanol–water partition coefficient (Wildman–Crippen LogP) is 5.25. The van der Waals surface area contributed by atoms with Gasteiger partial charge in [0, 0.05) is 30.3 Å². The van der Waals surface area contributed by atoms with E-state index in [2.05, 4.69) is 15.0 Å². The van der Waals surface area contributed by atoms with Crippen LogP contribution in [0.1, 0.15) is 46.8 Å². The van der Waals surface area contributed by atoms with Crippen molar-refractivity contribution in [3.05, 3.63) is 52.3 Å². The molecule has 0 saturated carbocycles. The molecule has 3 heterocycles. The molecule has 4 rings (SSSR count). The number of para-hydroxylation sites is 1. The molecule has 1 aromatic carbocycles. The number of halogens is 3. The molecule has 160 valence electrons. The second kappa shape index (κ2) is 7.91. The summed E-state index contributed by atoms with van der Waals surface area (Å²) in [6, 6.07) is 7.08. The number of aryl methyl sites for hydroxylation is 2. The molecule has 3 aromatic rings. The molecule has 0 spiro atoms. The van der Waals surface area contributed by atoms with Crippen LogP contribution >= 0.6 is 0 Å². The van der Waals surface area contributed by atoms with Crippen molar-refractivity contribution in [2.45, 2.75) is 45.3 Å². The Labute approximate surface area is 172 Å². The van der Waals surface area contributed by atoms with E-state index >= 15 is 0 Å². The molecule has 0 bridgehead atoms. The topological polar surface area (TPSA) is 51.4 Å². The summed E-state index contributed by atoms with van der Waals surface area (Å²) < 4.78 is 51.8. The second-order valence-corrected chi connectivity index (χ2v) is 7.90. The zero-order valence-corrected chi connectivity index (χ0v) is 17.2. The normalized spacial score (nSPS) is 18.1. The first-order valence-corrected chi connectivity index (χ1v) is 9.97. The molecule has 1 fully saturated rings. The number of likely N-dealkylation sites (tertiary alicyclic amines) is 1. The highest BCUT2D eigenvalue weighted by atomic mass is 19.4. The van der Waals surface area contributed by atoms with Gasteiger partial charge in [0.15, 0.2) is 0 Å². The van der Waals surface area contributed by atoms with Crippen LogP contribution in [0.4, 0.5) is 13.2 Å². The van der Waals surface area contributed by atoms with Crippen molar-refractivity contribution in [3.8, 4) is 5.75 Å². The Bertz CT molecular complexity index is 1060. The average molecular weight is 419 g/mol. The summed E-state index contributed by atoms with van der Waals surface area (Å²) in [6.07, 6.45) is -2.86. The number of benzene rings is 1. The van der Waals surface area contributed by atoms with E-state index < -0.39 is 11.7 Å². The standard InChI is InChI=1S/C22H24F3N3O2/c1-13-6-4-7-16(20(13)29-3)12-28-9-5-8-15(11-28)19-18-17(22(23,24)25)10-14(2)26-21(18)30-27-19/h4,6-7,10,15H,5,8-9,11-12H2,1-3H3/t15-/m1/s1. The highest BCUT2D eigenvalue weighted by molar-refractivity contribution is 5.81. The minimum absolute atomic E-state index is 0.00640. The van der Waals surface area contributed by atoms with Gasteiger partial charge in [-0.15, -0.1) is 0 Å². The van der Waals surface area contributed by atoms with Crippen LogP contribution in [0.25, 0.3) is 11.1 Å². The van der Waals surface area contributed by atoms with Crippen molar-refractivity contribution in [2.75, 3.05) is 20.2 Å². The minimum Gasteiger partial charge on any atom is -0.496 e. The molecule has 0 radical (unpaired) electrons. The number of pyridine rings is 1. The molecule has 30 heavy (non-hydrogen) atoms. The van der Waals surface area contributed by atoms with E-state index in [-0.39, 0.29) is 22.7 Å². The molecule has 1 atom stereocenters. The zero-order chi connectivity index (χ0) is 21.5. The van der Waals surface area contributed by atoms with Crippen LogP contribution in [-0.4, -0.2) is 35.2 Å². The number of rotatable bonds is 4. The molecule has 8 heteroatoms. The Kier molecular flexibility index (Phi) is 5.44. The number of methoxy groups -OCH3 is 1. The summed E-state index contributed by atoms with van der Waals surface area (Å²) in [5, 5.41) is 4.03. The minimum atomic E-state index is -4.49. The van der Waals surface area contributed by atoms with Crippen LogP contribution in [0.3, 0.4) is 0 Å². The van der Waals surface area contributed by atoms with E-state index in [4.69, 9.17) is 9.26 Å². The molecule has 0 N–H and O–H groups in total. The summed E-state index contributed by atoms with van der Waals surface area (Å²) in [5.74, 6) is 0.701. The Morgan fingerprint density at radius 1 is 1.27 bits per heavy atom. The predicted molar refractivity (Wildman–Crippen MR) is 107 cm³/mol. The molecule has 5 nitrogen and oxygen atoms in total. The van der Waals surface area contributed by atoms with E-state index in [1.54, 1.807) is 7.11 Å². The van der Waals surface area contributed by atoms with Gasteiger partial charge in [-0.1, -0.05) is 23.4 Å². The van der Waals surface area contributed by atoms with Gasteiger partial charge in [0.1, 0.15) is 5.75 Å². The fourth-order valence-corrected chi connectivity index (χ4v) is 4.39. The number of fused-ring (bicyclic) bond motifs is 1. The maximum absolute atomic E-state index is 13.7. The summed E-state index contributed by atoms with van der Waals surface area (Å²) in [6.45, 7) is 5.66. The van der Waals surface area contributed by atoms with Crippen molar-refractivity contribution in [2.24, 2.45) is 0 Å². The van der Waals surface area contributed by atoms with Crippen LogP contribution in [0.15, 0.2) is 28.8 Å². The van der Waals surface area contributed by atoms with E-state index in [0.717, 1.165) is 42.3 Å². The molecule has 0 aliphatic carbocycles. The summed E-state index contributed by atoms with van der Waals surface area (Å²) >= 11 is 0. The van der Waals surface area contributed by atoms with Gasteiger partial charge in [-0.2, -0.15) is 13.2 Å². The van der Waals surface area contributed by atoms with Crippen LogP contribution in [0.5, 0.6) is 5.75 Å². The average Bonchev–Trinajstić information content (AvgIpc) is 3.10. The Balaban J connectivity index is 1.65. The van der Waals surface area contributed by atoms with Gasteiger partial charge in [0.05, 0.1) is 23.8 Å². The first-order chi connectivity index (χ1) is 14.3. The van der Waals surface area contributed by atoms with Crippen molar-refractivity contribution < 1.29 is 22.4 Å². The third-order valence-electron chi connectivity index (χ3n) is 5.69. The number of nitrogens with zero attached hydrogens (tertiary/aromatic N) is 3. The number of ether oxygens (including phenoxy) is 1. The van der Waals surface area contributed by atoms with Gasteiger partial charge in [-0.3, -0.25) is 4.90 Å². The number of alkyl halides is 3. The van der Waals surface area contributed by atoms with Gasteiger partial charge in [0.2, 0.25) is 0 Å². The molecule has 1 aliphatic heterocycles. The van der Waals surface area contributed by atoms with Gasteiger partial charge in [0.25, 0.3) is 5.71 Å². The summed E-state index contributed by atoms with van der Waals surface area (Å²) in [5.41, 5.74) is 1.97. The lowest BCUT2D eigenvalue weighted by Crippen LogP contribution is -2.34. The molecule has 0 amide bonds. The van der Waals surface area contributed by atoms with Crippen LogP contribution in [0.2, 0.25) is 0 Å². The molecular formula is C22H24F3N3O2. The van der Waals surface area contributed by atoms with E-state index in [0.29, 0.717) is 18.8 Å². The lowest BCUT2D eigenvalue weighted by molar-refractivity contribution is -0.136. The molecule has 1 aliphatic rings. The molecule has 2 aromatic heterocycles. The van der Waals surface area contributed by atoms with Crippen LogP contribution < -0.4 is 4.74 Å². The first-order valence-electron chi connectivity index (χ1n) is 9.97. The maximum atomic E-state index is 13.7. The number of hydrogen-bond acceptors (Lipinski definition) is 5. The highest BCUT2D eigenvalue weighted by Crippen LogP contribution is 2.40. The van der Waals surface area contributed by atoms with Crippen LogP contribution in [-0.2, 0) is 12.7 Å². The summed E-state index contributed by atoms with van der Waals surface area (Å²) in [7, 11) is 1.65. The van der Waals surface area contributed by atoms with Gasteiger partial charge >= 0.3 is 6.18 Å². The third-order valence-corrected chi connectivity index (χ3v) is 5.69. The monoisotopic (exact) mass is 419 g/mol. The van der Waals surface area contributed by atoms with Crippen molar-refractivity contribution in [3.63, 3.8) is 0 Å². The molecular weight excluding hydrogens is 395 g/mol. The Morgan fingerprint density at radius 3 is 2.80 bits per heavy atom. The lowest BCUT2D eigenvalue weighted by Gasteiger charge is -2.32. The first kappa shape index (κ1) is 20.7. The Hall–Kier alpha value is -2.61. The van der Waals surface area contributed by atoms with Gasteiger partial charge in [-0.05, 0) is 44.9 Å². The number of hydrogen-bond donors (Lipinski definition) is 0. The zero-order valence-electron chi connectivity index (χ0n) is 17.2. The second-order valence-electron chi connectivity index (χ2n) is 7.90. The van der Waals surface area contributed by atoms with Crippen molar-refractivity contribution in [1.82, 2.24) is 15.0 Å². The molecule has 0 unspecified atom stereocenters. The highest BCUT2D eigenvalue weighted by Gasteiger charge is 2.37. The largest absolute Gasteiger partial charge is 0.496 e. The number of piperidine rings is 1. The SMILES string of the molecule is COc1c(C)cccc1CN1CCC[C@@H](c2noc3nc(C)cc(C(F)(F)F)c23)C1. The van der Waals surface area contributed by atoms with Crippen molar-refractivity contribution >= 4 is 11.1 Å². The fourth-order valence-electron chi connectivity index (χ4n) is 4.39. The number of aromatic nitrogens is 2. The van der Waals surface area contributed by atoms with Gasteiger partial charge in [-0.25, -0.2) is 4.98 Å². The van der Waals surface area contributed by atoms with E-state index in [9.17, 15) is 13.2 Å². The summed E-state index contributed by atoms with van der Waals surface area (Å²) in [4.78, 5) is 6.36.